The quantitative estimate of drug-likeness (QED) is 0.552. The van der Waals surface area contributed by atoms with Crippen molar-refractivity contribution < 1.29 is 17.9 Å². The standard InChI is InChI=1S/C18H16F3N7O/c1-27-10-9-22-16(27)15(11-5-3-4-6-12(11)29-2)23-13-7-8-14-24-25-17(18(19,20)21)28(14)26-13/h3-10,15H,1-2H3,(H,23,26)/t15-/m0/s1. The molecule has 1 aromatic carbocycles. The predicted octanol–water partition coefficient (Wildman–Crippen LogP) is 3.09. The molecule has 0 unspecified atom stereocenters. The van der Waals surface area contributed by atoms with Crippen LogP contribution in [0, 0.1) is 0 Å². The van der Waals surface area contributed by atoms with Gasteiger partial charge in [-0.05, 0) is 18.2 Å². The fourth-order valence-corrected chi connectivity index (χ4v) is 3.03. The Morgan fingerprint density at radius 3 is 2.59 bits per heavy atom. The molecule has 0 saturated heterocycles. The molecule has 4 aromatic rings. The van der Waals surface area contributed by atoms with Crippen molar-refractivity contribution in [3.63, 3.8) is 0 Å². The van der Waals surface area contributed by atoms with Crippen molar-refractivity contribution in [2.75, 3.05) is 12.4 Å². The Labute approximate surface area is 163 Å². The number of hydrogen-bond donors (Lipinski definition) is 1. The molecule has 0 aliphatic heterocycles. The molecule has 3 heterocycles. The van der Waals surface area contributed by atoms with Crippen LogP contribution in [0.15, 0.2) is 48.8 Å². The van der Waals surface area contributed by atoms with Gasteiger partial charge in [0.05, 0.1) is 7.11 Å². The Hall–Kier alpha value is -3.63. The number of fused-ring (bicyclic) bond motifs is 1. The highest BCUT2D eigenvalue weighted by molar-refractivity contribution is 5.49. The van der Waals surface area contributed by atoms with Gasteiger partial charge in [-0.25, -0.2) is 4.98 Å². The molecule has 0 bridgehead atoms. The van der Waals surface area contributed by atoms with Crippen molar-refractivity contribution in [2.24, 2.45) is 7.05 Å². The van der Waals surface area contributed by atoms with Crippen LogP contribution in [0.5, 0.6) is 5.75 Å². The highest BCUT2D eigenvalue weighted by Gasteiger charge is 2.37. The van der Waals surface area contributed by atoms with E-state index in [-0.39, 0.29) is 11.5 Å². The van der Waals surface area contributed by atoms with Gasteiger partial charge in [-0.3, -0.25) is 0 Å². The van der Waals surface area contributed by atoms with E-state index in [9.17, 15) is 13.2 Å². The highest BCUT2D eigenvalue weighted by Crippen LogP contribution is 2.32. The average molecular weight is 403 g/mol. The first-order valence-electron chi connectivity index (χ1n) is 8.55. The second kappa shape index (κ2) is 7.08. The summed E-state index contributed by atoms with van der Waals surface area (Å²) in [6, 6.07) is 9.74. The van der Waals surface area contributed by atoms with Crippen LogP contribution in [-0.2, 0) is 13.2 Å². The first-order chi connectivity index (χ1) is 13.9. The smallest absolute Gasteiger partial charge is 0.453 e. The molecule has 4 rings (SSSR count). The number of nitrogens with zero attached hydrogens (tertiary/aromatic N) is 6. The Kier molecular flexibility index (Phi) is 4.57. The molecule has 29 heavy (non-hydrogen) atoms. The normalized spacial score (nSPS) is 12.9. The van der Waals surface area contributed by atoms with Crippen molar-refractivity contribution in [2.45, 2.75) is 12.2 Å². The van der Waals surface area contributed by atoms with Crippen LogP contribution in [0.2, 0.25) is 0 Å². The number of halogens is 3. The van der Waals surface area contributed by atoms with Crippen molar-refractivity contribution >= 4 is 11.5 Å². The minimum absolute atomic E-state index is 0.00583. The zero-order valence-corrected chi connectivity index (χ0v) is 15.4. The molecule has 8 nitrogen and oxygen atoms in total. The number of imidazole rings is 1. The van der Waals surface area contributed by atoms with Crippen LogP contribution < -0.4 is 10.1 Å². The Balaban J connectivity index is 1.80. The Morgan fingerprint density at radius 2 is 1.90 bits per heavy atom. The SMILES string of the molecule is COc1ccccc1[C@H](Nc1ccc2nnc(C(F)(F)F)n2n1)c1nccn1C. The van der Waals surface area contributed by atoms with E-state index in [1.807, 2.05) is 29.8 Å². The molecule has 0 aliphatic carbocycles. The number of anilines is 1. The van der Waals surface area contributed by atoms with Crippen LogP contribution >= 0.6 is 0 Å². The third kappa shape index (κ3) is 3.46. The third-order valence-corrected chi connectivity index (χ3v) is 4.38. The molecule has 150 valence electrons. The topological polar surface area (TPSA) is 82.2 Å². The zero-order chi connectivity index (χ0) is 20.6. The molecule has 0 saturated carbocycles. The number of methoxy groups -OCH3 is 1. The number of hydrogen-bond acceptors (Lipinski definition) is 6. The molecule has 0 aliphatic rings. The van der Waals surface area contributed by atoms with Crippen molar-refractivity contribution in [1.82, 2.24) is 29.4 Å². The van der Waals surface area contributed by atoms with E-state index in [0.29, 0.717) is 16.1 Å². The third-order valence-electron chi connectivity index (χ3n) is 4.38. The fourth-order valence-electron chi connectivity index (χ4n) is 3.03. The average Bonchev–Trinajstić information content (AvgIpc) is 3.31. The molecule has 0 radical (unpaired) electrons. The van der Waals surface area contributed by atoms with Gasteiger partial charge in [0.15, 0.2) is 5.65 Å². The molecule has 0 amide bonds. The van der Waals surface area contributed by atoms with E-state index in [4.69, 9.17) is 4.74 Å². The van der Waals surface area contributed by atoms with Gasteiger partial charge in [-0.1, -0.05) is 18.2 Å². The monoisotopic (exact) mass is 403 g/mol. The van der Waals surface area contributed by atoms with Gasteiger partial charge >= 0.3 is 6.18 Å². The maximum absolute atomic E-state index is 13.2. The molecule has 1 N–H and O–H groups in total. The van der Waals surface area contributed by atoms with Gasteiger partial charge in [-0.2, -0.15) is 17.7 Å². The number of para-hydroxylation sites is 1. The molecule has 0 fully saturated rings. The molecule has 1 atom stereocenters. The van der Waals surface area contributed by atoms with E-state index >= 15 is 0 Å². The number of aromatic nitrogens is 6. The van der Waals surface area contributed by atoms with Crippen molar-refractivity contribution in [3.05, 3.63) is 66.0 Å². The van der Waals surface area contributed by atoms with Crippen LogP contribution in [0.1, 0.15) is 23.3 Å². The van der Waals surface area contributed by atoms with E-state index in [2.05, 4.69) is 25.6 Å². The lowest BCUT2D eigenvalue weighted by atomic mass is 10.0. The van der Waals surface area contributed by atoms with Gasteiger partial charge in [0.1, 0.15) is 23.4 Å². The molecule has 11 heteroatoms. The summed E-state index contributed by atoms with van der Waals surface area (Å²) in [6.45, 7) is 0. The summed E-state index contributed by atoms with van der Waals surface area (Å²) >= 11 is 0. The summed E-state index contributed by atoms with van der Waals surface area (Å²) < 4.78 is 47.4. The summed E-state index contributed by atoms with van der Waals surface area (Å²) in [7, 11) is 3.37. The largest absolute Gasteiger partial charge is 0.496 e. The van der Waals surface area contributed by atoms with Crippen molar-refractivity contribution in [3.8, 4) is 5.75 Å². The lowest BCUT2D eigenvalue weighted by Crippen LogP contribution is -2.19. The van der Waals surface area contributed by atoms with Crippen LogP contribution in [-0.4, -0.2) is 36.5 Å². The fraction of sp³-hybridized carbons (Fsp3) is 0.222. The van der Waals surface area contributed by atoms with Gasteiger partial charge in [0.2, 0.25) is 0 Å². The van der Waals surface area contributed by atoms with Gasteiger partial charge in [-0.15, -0.1) is 15.3 Å². The van der Waals surface area contributed by atoms with Gasteiger partial charge < -0.3 is 14.6 Å². The number of rotatable bonds is 5. The summed E-state index contributed by atoms with van der Waals surface area (Å²) in [6.07, 6.45) is -1.26. The van der Waals surface area contributed by atoms with E-state index in [1.54, 1.807) is 25.6 Å². The van der Waals surface area contributed by atoms with Crippen LogP contribution in [0.4, 0.5) is 19.0 Å². The molecular formula is C18H16F3N7O. The lowest BCUT2D eigenvalue weighted by molar-refractivity contribution is -0.146. The highest BCUT2D eigenvalue weighted by atomic mass is 19.4. The second-order valence-electron chi connectivity index (χ2n) is 6.23. The minimum Gasteiger partial charge on any atom is -0.496 e. The number of alkyl halides is 3. The van der Waals surface area contributed by atoms with E-state index < -0.39 is 18.0 Å². The first-order valence-corrected chi connectivity index (χ1v) is 8.55. The number of nitrogens with one attached hydrogen (secondary N) is 1. The van der Waals surface area contributed by atoms with Gasteiger partial charge in [0.25, 0.3) is 5.82 Å². The Bertz CT molecular complexity index is 1150. The molecular weight excluding hydrogens is 387 g/mol. The van der Waals surface area contributed by atoms with Crippen LogP contribution in [0.3, 0.4) is 0 Å². The number of benzene rings is 1. The summed E-state index contributed by atoms with van der Waals surface area (Å²) in [5, 5.41) is 13.9. The summed E-state index contributed by atoms with van der Waals surface area (Å²) in [5.74, 6) is 0.245. The van der Waals surface area contributed by atoms with Crippen LogP contribution in [0.25, 0.3) is 5.65 Å². The predicted molar refractivity (Wildman–Crippen MR) is 97.5 cm³/mol. The lowest BCUT2D eigenvalue weighted by Gasteiger charge is -2.21. The maximum Gasteiger partial charge on any atom is 0.453 e. The second-order valence-corrected chi connectivity index (χ2v) is 6.23. The number of ether oxygens (including phenoxy) is 1. The molecule has 0 spiro atoms. The van der Waals surface area contributed by atoms with Gasteiger partial charge in [0, 0.05) is 25.0 Å². The Morgan fingerprint density at radius 1 is 1.10 bits per heavy atom. The van der Waals surface area contributed by atoms with Crippen molar-refractivity contribution in [1.29, 1.82) is 0 Å². The maximum atomic E-state index is 13.2. The summed E-state index contributed by atoms with van der Waals surface area (Å²) in [4.78, 5) is 4.38. The van der Waals surface area contributed by atoms with E-state index in [0.717, 1.165) is 5.56 Å². The zero-order valence-electron chi connectivity index (χ0n) is 15.4. The molecule has 3 aromatic heterocycles. The number of aryl methyl sites for hydroxylation is 1. The summed E-state index contributed by atoms with van der Waals surface area (Å²) in [5.41, 5.74) is 0.750. The first kappa shape index (κ1) is 18.7. The van der Waals surface area contributed by atoms with E-state index in [1.165, 1.54) is 12.1 Å². The minimum atomic E-state index is -4.67.